The summed E-state index contributed by atoms with van der Waals surface area (Å²) in [7, 11) is -3.72. The number of nitrogens with two attached hydrogens (primary N) is 1. The summed E-state index contributed by atoms with van der Waals surface area (Å²) >= 11 is 11.7. The van der Waals surface area contributed by atoms with E-state index in [2.05, 4.69) is 25.0 Å². The van der Waals surface area contributed by atoms with Crippen LogP contribution in [0.1, 0.15) is 18.4 Å². The van der Waals surface area contributed by atoms with E-state index in [0.717, 1.165) is 18.9 Å². The Hall–Kier alpha value is -4.08. The Kier molecular flexibility index (Phi) is 7.80. The number of hydrogen-bond acceptors (Lipinski definition) is 7. The number of thiocarbonyl (C=S) groups is 1. The van der Waals surface area contributed by atoms with Gasteiger partial charge >= 0.3 is 6.18 Å². The number of benzene rings is 2. The van der Waals surface area contributed by atoms with E-state index in [4.69, 9.17) is 29.6 Å². The number of anilines is 3. The van der Waals surface area contributed by atoms with Gasteiger partial charge in [-0.05, 0) is 67.5 Å². The van der Waals surface area contributed by atoms with Crippen LogP contribution in [0, 0.1) is 0 Å². The number of nitrogen functional groups attached to an aromatic ring is 1. The average molecular weight is 663 g/mol. The molecule has 0 atom stereocenters. The van der Waals surface area contributed by atoms with E-state index in [9.17, 15) is 21.6 Å². The van der Waals surface area contributed by atoms with Gasteiger partial charge in [0.25, 0.3) is 10.0 Å². The second-order valence-electron chi connectivity index (χ2n) is 10.3. The molecule has 2 aromatic carbocycles. The fraction of sp³-hybridized carbons (Fsp3) is 0.250. The molecule has 3 heterocycles. The fourth-order valence-corrected chi connectivity index (χ4v) is 6.85. The Morgan fingerprint density at radius 3 is 2.45 bits per heavy atom. The number of fused-ring (bicyclic) bond motifs is 3. The summed E-state index contributed by atoms with van der Waals surface area (Å²) in [5.74, 6) is 0.464. The minimum Gasteiger partial charge on any atom is -0.368 e. The molecule has 0 bridgehead atoms. The summed E-state index contributed by atoms with van der Waals surface area (Å²) in [5.41, 5.74) is 6.73. The molecule has 1 aliphatic carbocycles. The molecule has 44 heavy (non-hydrogen) atoms. The lowest BCUT2D eigenvalue weighted by Crippen LogP contribution is -2.50. The van der Waals surface area contributed by atoms with Gasteiger partial charge in [0.2, 0.25) is 5.95 Å². The largest absolute Gasteiger partial charge is 0.417 e. The van der Waals surface area contributed by atoms with E-state index in [1.807, 2.05) is 22.0 Å². The number of halogens is 4. The van der Waals surface area contributed by atoms with E-state index in [-0.39, 0.29) is 16.4 Å². The van der Waals surface area contributed by atoms with Crippen LogP contribution in [-0.2, 0) is 16.2 Å². The molecule has 5 N–H and O–H groups in total. The van der Waals surface area contributed by atoms with Crippen LogP contribution in [0.15, 0.2) is 65.2 Å². The van der Waals surface area contributed by atoms with E-state index >= 15 is 0 Å². The van der Waals surface area contributed by atoms with E-state index in [0.29, 0.717) is 64.9 Å². The number of aromatic nitrogens is 3. The van der Waals surface area contributed by atoms with E-state index in [1.165, 1.54) is 18.2 Å². The molecule has 2 aromatic heterocycles. The highest BCUT2D eigenvalue weighted by Gasteiger charge is 2.34. The second kappa shape index (κ2) is 11.4. The third kappa shape index (κ3) is 5.99. The summed E-state index contributed by atoms with van der Waals surface area (Å²) in [6.45, 7) is 2.00. The molecule has 16 heteroatoms. The molecule has 0 unspecified atom stereocenters. The molecular formula is C28H26ClF3N8O2S2. The standard InChI is InChI=1S/C28H26ClF3N8O2S2/c29-21-14-19-22(15-20(21)28(30,31)32)35-24-23(19)25(37-26(33)36-24)39-10-12-40(13-11-39)27(43)34-16-6-8-18(9-7-16)44(41,42)38-17-4-2-1-3-5-17/h2,4-9,14-15,38H,1,3,10-13H2,(H,34,43)(H3,33,35,36,37). The van der Waals surface area contributed by atoms with Crippen molar-refractivity contribution in [3.05, 3.63) is 70.9 Å². The maximum Gasteiger partial charge on any atom is 0.417 e. The predicted octanol–water partition coefficient (Wildman–Crippen LogP) is 5.40. The summed E-state index contributed by atoms with van der Waals surface area (Å²) in [4.78, 5) is 15.6. The number of piperazine rings is 1. The number of rotatable bonds is 5. The summed E-state index contributed by atoms with van der Waals surface area (Å²) in [6, 6.07) is 8.55. The number of alkyl halides is 3. The predicted molar refractivity (Wildman–Crippen MR) is 169 cm³/mol. The number of nitrogens with zero attached hydrogens (tertiary/aromatic N) is 4. The van der Waals surface area contributed by atoms with Crippen molar-refractivity contribution in [2.24, 2.45) is 0 Å². The van der Waals surface area contributed by atoms with Gasteiger partial charge in [0, 0.05) is 48.5 Å². The van der Waals surface area contributed by atoms with Crippen LogP contribution in [0.25, 0.3) is 21.9 Å². The Morgan fingerprint density at radius 1 is 1.07 bits per heavy atom. The first-order valence-electron chi connectivity index (χ1n) is 13.6. The van der Waals surface area contributed by atoms with Crippen LogP contribution in [0.3, 0.4) is 0 Å². The first-order valence-corrected chi connectivity index (χ1v) is 15.8. The quantitative estimate of drug-likeness (QED) is 0.208. The lowest BCUT2D eigenvalue weighted by atomic mass is 10.1. The monoisotopic (exact) mass is 662 g/mol. The molecule has 1 aliphatic heterocycles. The summed E-state index contributed by atoms with van der Waals surface area (Å²) in [6.07, 6.45) is 2.57. The number of nitrogens with one attached hydrogen (secondary N) is 3. The molecule has 0 radical (unpaired) electrons. The van der Waals surface area contributed by atoms with Gasteiger partial charge in [0.05, 0.1) is 20.9 Å². The Balaban J connectivity index is 1.14. The first-order chi connectivity index (χ1) is 20.9. The number of allylic oxidation sites excluding steroid dienone is 3. The molecule has 6 rings (SSSR count). The molecule has 0 amide bonds. The Morgan fingerprint density at radius 2 is 1.80 bits per heavy atom. The zero-order chi connectivity index (χ0) is 31.2. The molecule has 230 valence electrons. The molecular weight excluding hydrogens is 637 g/mol. The number of aromatic amines is 1. The SMILES string of the molecule is Nc1nc(N2CCN(C(=S)Nc3ccc(S(=O)(=O)NC4=CCCC=C4)cc3)CC2)c2c(n1)[nH]c1cc(C(F)(F)F)c(Cl)cc12. The smallest absolute Gasteiger partial charge is 0.368 e. The van der Waals surface area contributed by atoms with Crippen LogP contribution in [0.2, 0.25) is 5.02 Å². The normalized spacial score (nSPS) is 16.0. The van der Waals surface area contributed by atoms with Gasteiger partial charge in [-0.1, -0.05) is 23.8 Å². The minimum absolute atomic E-state index is 0.0200. The van der Waals surface area contributed by atoms with Gasteiger partial charge in [0.15, 0.2) is 5.11 Å². The van der Waals surface area contributed by atoms with Crippen molar-refractivity contribution < 1.29 is 21.6 Å². The van der Waals surface area contributed by atoms with Gasteiger partial charge in [-0.25, -0.2) is 8.42 Å². The Labute approximate surface area is 260 Å². The molecule has 0 spiro atoms. The highest BCUT2D eigenvalue weighted by atomic mass is 35.5. The molecule has 4 aromatic rings. The van der Waals surface area contributed by atoms with E-state index in [1.54, 1.807) is 18.2 Å². The molecule has 10 nitrogen and oxygen atoms in total. The van der Waals surface area contributed by atoms with E-state index < -0.39 is 26.8 Å². The summed E-state index contributed by atoms with van der Waals surface area (Å²) < 4.78 is 68.4. The topological polar surface area (TPSA) is 132 Å². The van der Waals surface area contributed by atoms with Gasteiger partial charge in [0.1, 0.15) is 11.5 Å². The molecule has 0 saturated carbocycles. The van der Waals surface area contributed by atoms with Crippen molar-refractivity contribution in [3.8, 4) is 0 Å². The average Bonchev–Trinajstić information content (AvgIpc) is 3.33. The Bertz CT molecular complexity index is 1930. The zero-order valence-electron chi connectivity index (χ0n) is 22.9. The third-order valence-corrected chi connectivity index (χ3v) is 9.44. The van der Waals surface area contributed by atoms with Crippen LogP contribution in [-0.4, -0.2) is 59.6 Å². The highest BCUT2D eigenvalue weighted by Crippen LogP contribution is 2.40. The maximum absolute atomic E-state index is 13.4. The molecule has 2 aliphatic rings. The fourth-order valence-electron chi connectivity index (χ4n) is 5.21. The lowest BCUT2D eigenvalue weighted by Gasteiger charge is -2.37. The van der Waals surface area contributed by atoms with Crippen molar-refractivity contribution in [1.82, 2.24) is 24.6 Å². The van der Waals surface area contributed by atoms with Gasteiger partial charge in [-0.2, -0.15) is 23.1 Å². The van der Waals surface area contributed by atoms with Crippen molar-refractivity contribution in [2.45, 2.75) is 23.9 Å². The van der Waals surface area contributed by atoms with Crippen LogP contribution >= 0.6 is 23.8 Å². The second-order valence-corrected chi connectivity index (χ2v) is 12.8. The van der Waals surface area contributed by atoms with Gasteiger partial charge < -0.3 is 25.8 Å². The highest BCUT2D eigenvalue weighted by molar-refractivity contribution is 7.89. The molecule has 1 saturated heterocycles. The van der Waals surface area contributed by atoms with Crippen molar-refractivity contribution in [1.29, 1.82) is 0 Å². The first kappa shape index (κ1) is 30.0. The van der Waals surface area contributed by atoms with Crippen LogP contribution in [0.5, 0.6) is 0 Å². The minimum atomic E-state index is -4.61. The lowest BCUT2D eigenvalue weighted by molar-refractivity contribution is -0.137. The van der Waals surface area contributed by atoms with Crippen molar-refractivity contribution in [2.75, 3.05) is 42.1 Å². The molecule has 1 fully saturated rings. The van der Waals surface area contributed by atoms with Crippen LogP contribution in [0.4, 0.5) is 30.6 Å². The zero-order valence-corrected chi connectivity index (χ0v) is 25.3. The summed E-state index contributed by atoms with van der Waals surface area (Å²) in [5, 5.41) is 4.18. The number of hydrogen-bond donors (Lipinski definition) is 4. The van der Waals surface area contributed by atoms with Gasteiger partial charge in [-0.15, -0.1) is 0 Å². The van der Waals surface area contributed by atoms with Crippen molar-refractivity contribution in [3.63, 3.8) is 0 Å². The van der Waals surface area contributed by atoms with Crippen LogP contribution < -0.4 is 20.7 Å². The van der Waals surface area contributed by atoms with Gasteiger partial charge in [-0.3, -0.25) is 4.72 Å². The maximum atomic E-state index is 13.4. The number of H-pyrrole nitrogens is 1. The van der Waals surface area contributed by atoms with Crippen molar-refractivity contribution >= 4 is 78.3 Å². The number of sulfonamides is 1. The third-order valence-electron chi connectivity index (χ3n) is 7.37.